The summed E-state index contributed by atoms with van der Waals surface area (Å²) in [4.78, 5) is 0. The fourth-order valence-electron chi connectivity index (χ4n) is 1.94. The van der Waals surface area contributed by atoms with Crippen LogP contribution in [-0.4, -0.2) is 20.3 Å². The van der Waals surface area contributed by atoms with Crippen molar-refractivity contribution in [3.05, 3.63) is 29.8 Å². The zero-order valence-electron chi connectivity index (χ0n) is 8.69. The van der Waals surface area contributed by atoms with Crippen molar-refractivity contribution in [1.82, 2.24) is 0 Å². The Bertz CT molecular complexity index is 391. The van der Waals surface area contributed by atoms with Gasteiger partial charge in [-0.25, -0.2) is 0 Å². The molecule has 1 aromatic carbocycles. The highest BCUT2D eigenvalue weighted by atomic mass is 16.5. The van der Waals surface area contributed by atoms with Crippen LogP contribution in [0.5, 0.6) is 5.75 Å². The Morgan fingerprint density at radius 2 is 2.20 bits per heavy atom. The minimum Gasteiger partial charge on any atom is -0.496 e. The molecule has 0 amide bonds. The van der Waals surface area contributed by atoms with Crippen LogP contribution >= 0.6 is 0 Å². The maximum atomic E-state index is 8.85. The highest BCUT2D eigenvalue weighted by molar-refractivity contribution is 5.41. The van der Waals surface area contributed by atoms with Gasteiger partial charge >= 0.3 is 0 Å². The molecule has 1 aliphatic heterocycles. The quantitative estimate of drug-likeness (QED) is 0.753. The normalized spacial score (nSPS) is 17.6. The average molecular weight is 203 g/mol. The van der Waals surface area contributed by atoms with Gasteiger partial charge in [-0.1, -0.05) is 18.2 Å². The number of hydrogen-bond acceptors (Lipinski definition) is 3. The van der Waals surface area contributed by atoms with Crippen LogP contribution in [0.25, 0.3) is 0 Å². The molecule has 1 fully saturated rings. The van der Waals surface area contributed by atoms with Crippen LogP contribution in [0.15, 0.2) is 24.3 Å². The first-order chi connectivity index (χ1) is 7.32. The van der Waals surface area contributed by atoms with Crippen LogP contribution < -0.4 is 4.74 Å². The van der Waals surface area contributed by atoms with Gasteiger partial charge in [0.2, 0.25) is 0 Å². The minimum atomic E-state index is -0.151. The number of rotatable bonds is 3. The Morgan fingerprint density at radius 3 is 2.73 bits per heavy atom. The van der Waals surface area contributed by atoms with E-state index in [2.05, 4.69) is 6.07 Å². The third kappa shape index (κ3) is 1.57. The SMILES string of the molecule is COc1ccccc1C1(CC#N)COC1. The van der Waals surface area contributed by atoms with E-state index in [-0.39, 0.29) is 5.41 Å². The summed E-state index contributed by atoms with van der Waals surface area (Å²) in [6.07, 6.45) is 0.480. The lowest BCUT2D eigenvalue weighted by Crippen LogP contribution is -2.46. The van der Waals surface area contributed by atoms with E-state index >= 15 is 0 Å². The molecule has 15 heavy (non-hydrogen) atoms. The van der Waals surface area contributed by atoms with E-state index in [0.717, 1.165) is 11.3 Å². The van der Waals surface area contributed by atoms with Crippen molar-refractivity contribution in [1.29, 1.82) is 5.26 Å². The molecular formula is C12H13NO2. The van der Waals surface area contributed by atoms with Crippen molar-refractivity contribution < 1.29 is 9.47 Å². The number of benzene rings is 1. The Hall–Kier alpha value is -1.53. The van der Waals surface area contributed by atoms with Gasteiger partial charge in [0.15, 0.2) is 0 Å². The van der Waals surface area contributed by atoms with Gasteiger partial charge < -0.3 is 9.47 Å². The molecule has 1 aromatic rings. The molecule has 0 atom stereocenters. The van der Waals surface area contributed by atoms with E-state index in [1.165, 1.54) is 0 Å². The van der Waals surface area contributed by atoms with Gasteiger partial charge in [0, 0.05) is 12.0 Å². The Kier molecular flexibility index (Phi) is 2.61. The number of para-hydroxylation sites is 1. The summed E-state index contributed by atoms with van der Waals surface area (Å²) in [6.45, 7) is 1.22. The molecule has 3 nitrogen and oxygen atoms in total. The van der Waals surface area contributed by atoms with Crippen molar-refractivity contribution in [3.8, 4) is 11.8 Å². The first-order valence-electron chi connectivity index (χ1n) is 4.90. The monoisotopic (exact) mass is 203 g/mol. The molecule has 78 valence electrons. The highest BCUT2D eigenvalue weighted by Gasteiger charge is 2.42. The van der Waals surface area contributed by atoms with E-state index in [4.69, 9.17) is 14.7 Å². The second-order valence-electron chi connectivity index (χ2n) is 3.81. The smallest absolute Gasteiger partial charge is 0.122 e. The van der Waals surface area contributed by atoms with Crippen molar-refractivity contribution in [3.63, 3.8) is 0 Å². The lowest BCUT2D eigenvalue weighted by molar-refractivity contribution is -0.0586. The second kappa shape index (κ2) is 3.92. The molecule has 0 saturated carbocycles. The van der Waals surface area contributed by atoms with Gasteiger partial charge in [-0.15, -0.1) is 0 Å². The highest BCUT2D eigenvalue weighted by Crippen LogP contribution is 2.40. The topological polar surface area (TPSA) is 42.2 Å². The lowest BCUT2D eigenvalue weighted by Gasteiger charge is -2.40. The standard InChI is InChI=1S/C12H13NO2/c1-14-11-5-3-2-4-10(11)12(6-7-13)8-15-9-12/h2-5H,6,8-9H2,1H3. The van der Waals surface area contributed by atoms with E-state index in [9.17, 15) is 0 Å². The predicted molar refractivity (Wildman–Crippen MR) is 55.7 cm³/mol. The van der Waals surface area contributed by atoms with Gasteiger partial charge in [-0.05, 0) is 6.07 Å². The maximum Gasteiger partial charge on any atom is 0.122 e. The summed E-state index contributed by atoms with van der Waals surface area (Å²) < 4.78 is 10.5. The number of nitrogens with zero attached hydrogens (tertiary/aromatic N) is 1. The summed E-state index contributed by atoms with van der Waals surface area (Å²) in [6, 6.07) is 10.1. The number of nitriles is 1. The first kappa shape index (κ1) is 10.0. The molecule has 1 saturated heterocycles. The van der Waals surface area contributed by atoms with Gasteiger partial charge in [0.25, 0.3) is 0 Å². The van der Waals surface area contributed by atoms with Crippen molar-refractivity contribution in [2.24, 2.45) is 0 Å². The van der Waals surface area contributed by atoms with Crippen molar-refractivity contribution in [2.45, 2.75) is 11.8 Å². The summed E-state index contributed by atoms with van der Waals surface area (Å²) >= 11 is 0. The first-order valence-corrected chi connectivity index (χ1v) is 4.90. The van der Waals surface area contributed by atoms with E-state index < -0.39 is 0 Å². The van der Waals surface area contributed by atoms with Crippen LogP contribution in [0.3, 0.4) is 0 Å². The number of hydrogen-bond donors (Lipinski definition) is 0. The van der Waals surface area contributed by atoms with Gasteiger partial charge in [-0.3, -0.25) is 0 Å². The molecule has 2 rings (SSSR count). The summed E-state index contributed by atoms with van der Waals surface area (Å²) in [5.41, 5.74) is 0.932. The van der Waals surface area contributed by atoms with E-state index in [1.807, 2.05) is 24.3 Å². The molecule has 0 bridgehead atoms. The Labute approximate surface area is 89.2 Å². The molecule has 3 heteroatoms. The maximum absolute atomic E-state index is 8.85. The molecular weight excluding hydrogens is 190 g/mol. The zero-order valence-corrected chi connectivity index (χ0v) is 8.69. The van der Waals surface area contributed by atoms with Crippen molar-refractivity contribution >= 4 is 0 Å². The van der Waals surface area contributed by atoms with Gasteiger partial charge in [0.1, 0.15) is 5.75 Å². The lowest BCUT2D eigenvalue weighted by atomic mass is 9.76. The second-order valence-corrected chi connectivity index (χ2v) is 3.81. The van der Waals surface area contributed by atoms with Gasteiger partial charge in [0.05, 0.1) is 31.8 Å². The van der Waals surface area contributed by atoms with Crippen LogP contribution in [0.1, 0.15) is 12.0 Å². The molecule has 0 spiro atoms. The zero-order chi connectivity index (χ0) is 10.7. The Balaban J connectivity index is 2.38. The summed E-state index contributed by atoms with van der Waals surface area (Å²) in [5, 5.41) is 8.85. The van der Waals surface area contributed by atoms with E-state index in [0.29, 0.717) is 19.6 Å². The van der Waals surface area contributed by atoms with Crippen LogP contribution in [0.4, 0.5) is 0 Å². The molecule has 0 N–H and O–H groups in total. The predicted octanol–water partition coefficient (Wildman–Crippen LogP) is 1.88. The van der Waals surface area contributed by atoms with Crippen molar-refractivity contribution in [2.75, 3.05) is 20.3 Å². The minimum absolute atomic E-state index is 0.151. The summed E-state index contributed by atoms with van der Waals surface area (Å²) in [7, 11) is 1.65. The molecule has 1 aliphatic rings. The fourth-order valence-corrected chi connectivity index (χ4v) is 1.94. The van der Waals surface area contributed by atoms with Crippen LogP contribution in [0, 0.1) is 11.3 Å². The molecule has 0 unspecified atom stereocenters. The van der Waals surface area contributed by atoms with Crippen LogP contribution in [0.2, 0.25) is 0 Å². The summed E-state index contributed by atoms with van der Waals surface area (Å²) in [5.74, 6) is 0.844. The van der Waals surface area contributed by atoms with Crippen LogP contribution in [-0.2, 0) is 10.2 Å². The van der Waals surface area contributed by atoms with Gasteiger partial charge in [-0.2, -0.15) is 5.26 Å². The number of methoxy groups -OCH3 is 1. The largest absolute Gasteiger partial charge is 0.496 e. The third-order valence-corrected chi connectivity index (χ3v) is 2.85. The number of ether oxygens (including phenoxy) is 2. The molecule has 0 aromatic heterocycles. The average Bonchev–Trinajstić information content (AvgIpc) is 2.23. The third-order valence-electron chi connectivity index (χ3n) is 2.85. The fraction of sp³-hybridized carbons (Fsp3) is 0.417. The molecule has 1 heterocycles. The molecule has 0 aliphatic carbocycles. The molecule has 0 radical (unpaired) electrons. The van der Waals surface area contributed by atoms with E-state index in [1.54, 1.807) is 7.11 Å². The Morgan fingerprint density at radius 1 is 1.47 bits per heavy atom.